The van der Waals surface area contributed by atoms with Gasteiger partial charge in [-0.25, -0.2) is 9.37 Å². The van der Waals surface area contributed by atoms with E-state index in [2.05, 4.69) is 15.6 Å². The minimum absolute atomic E-state index is 0.0756. The molecule has 0 radical (unpaired) electrons. The van der Waals surface area contributed by atoms with E-state index >= 15 is 0 Å². The molecular weight excluding hydrogens is 415 g/mol. The maximum atomic E-state index is 13.8. The lowest BCUT2D eigenvalue weighted by molar-refractivity contribution is -0.119. The smallest absolute Gasteiger partial charge is 0.251 e. The second kappa shape index (κ2) is 9.78. The highest BCUT2D eigenvalue weighted by Gasteiger charge is 2.16. The molecule has 0 aliphatic heterocycles. The highest BCUT2D eigenvalue weighted by Crippen LogP contribution is 2.21. The summed E-state index contributed by atoms with van der Waals surface area (Å²) in [6.45, 7) is 5.89. The van der Waals surface area contributed by atoms with E-state index < -0.39 is 0 Å². The summed E-state index contributed by atoms with van der Waals surface area (Å²) in [6, 6.07) is 13.4. The van der Waals surface area contributed by atoms with E-state index in [9.17, 15) is 14.0 Å². The summed E-state index contributed by atoms with van der Waals surface area (Å²) in [5.41, 5.74) is 1.32. The van der Waals surface area contributed by atoms with Gasteiger partial charge in [-0.3, -0.25) is 14.2 Å². The SMILES string of the molecule is CC(C)(C)NC(=O)CSc1nccn1-c1cccc(C(=O)NCc2ccccc2F)c1. The normalized spacial score (nSPS) is 11.2. The van der Waals surface area contributed by atoms with Crippen LogP contribution in [0.25, 0.3) is 5.69 Å². The fourth-order valence-electron chi connectivity index (χ4n) is 2.89. The predicted octanol–water partition coefficient (Wildman–Crippen LogP) is 3.95. The minimum atomic E-state index is -0.355. The Morgan fingerprint density at radius 3 is 2.65 bits per heavy atom. The molecule has 8 heteroatoms. The third-order valence-corrected chi connectivity index (χ3v) is 5.20. The number of halogens is 1. The van der Waals surface area contributed by atoms with Crippen molar-refractivity contribution in [3.63, 3.8) is 0 Å². The van der Waals surface area contributed by atoms with E-state index in [4.69, 9.17) is 0 Å². The lowest BCUT2D eigenvalue weighted by Crippen LogP contribution is -2.41. The number of imidazole rings is 1. The summed E-state index contributed by atoms with van der Waals surface area (Å²) in [5.74, 6) is -0.499. The van der Waals surface area contributed by atoms with Crippen LogP contribution in [0.5, 0.6) is 0 Å². The summed E-state index contributed by atoms with van der Waals surface area (Å²) in [4.78, 5) is 29.0. The van der Waals surface area contributed by atoms with Gasteiger partial charge in [0, 0.05) is 41.3 Å². The Morgan fingerprint density at radius 1 is 1.13 bits per heavy atom. The zero-order chi connectivity index (χ0) is 22.4. The molecular formula is C23H25FN4O2S. The van der Waals surface area contributed by atoms with Crippen LogP contribution in [0.1, 0.15) is 36.7 Å². The van der Waals surface area contributed by atoms with E-state index in [1.54, 1.807) is 48.8 Å². The Bertz CT molecular complexity index is 1080. The number of aromatic nitrogens is 2. The molecule has 0 fully saturated rings. The third kappa shape index (κ3) is 6.42. The van der Waals surface area contributed by atoms with Crippen LogP contribution in [0.2, 0.25) is 0 Å². The van der Waals surface area contributed by atoms with Gasteiger partial charge >= 0.3 is 0 Å². The van der Waals surface area contributed by atoms with Gasteiger partial charge in [-0.15, -0.1) is 0 Å². The molecule has 0 spiro atoms. The molecule has 162 valence electrons. The van der Waals surface area contributed by atoms with E-state index in [-0.39, 0.29) is 35.5 Å². The molecule has 2 amide bonds. The molecule has 1 heterocycles. The van der Waals surface area contributed by atoms with Crippen LogP contribution in [0.15, 0.2) is 66.1 Å². The van der Waals surface area contributed by atoms with Crippen molar-refractivity contribution in [2.45, 2.75) is 38.0 Å². The van der Waals surface area contributed by atoms with Crippen LogP contribution in [0, 0.1) is 5.82 Å². The molecule has 0 atom stereocenters. The second-order valence-corrected chi connectivity index (χ2v) is 8.93. The third-order valence-electron chi connectivity index (χ3n) is 4.24. The first kappa shape index (κ1) is 22.6. The summed E-state index contributed by atoms with van der Waals surface area (Å²) in [7, 11) is 0. The maximum absolute atomic E-state index is 13.8. The zero-order valence-electron chi connectivity index (χ0n) is 17.7. The van der Waals surface area contributed by atoms with E-state index in [1.807, 2.05) is 31.4 Å². The molecule has 0 saturated heterocycles. The van der Waals surface area contributed by atoms with Crippen LogP contribution in [-0.2, 0) is 11.3 Å². The highest BCUT2D eigenvalue weighted by molar-refractivity contribution is 7.99. The van der Waals surface area contributed by atoms with Crippen LogP contribution in [0.3, 0.4) is 0 Å². The predicted molar refractivity (Wildman–Crippen MR) is 120 cm³/mol. The van der Waals surface area contributed by atoms with Gasteiger partial charge in [0.1, 0.15) is 5.82 Å². The number of nitrogens with zero attached hydrogens (tertiary/aromatic N) is 2. The van der Waals surface area contributed by atoms with Crippen molar-refractivity contribution in [3.8, 4) is 5.69 Å². The Morgan fingerprint density at radius 2 is 1.90 bits per heavy atom. The molecule has 0 aliphatic carbocycles. The van der Waals surface area contributed by atoms with Crippen LogP contribution in [0.4, 0.5) is 4.39 Å². The van der Waals surface area contributed by atoms with Crippen molar-refractivity contribution in [1.82, 2.24) is 20.2 Å². The van der Waals surface area contributed by atoms with Gasteiger partial charge in [0.15, 0.2) is 5.16 Å². The molecule has 1 aromatic heterocycles. The van der Waals surface area contributed by atoms with Gasteiger partial charge in [-0.2, -0.15) is 0 Å². The van der Waals surface area contributed by atoms with Crippen molar-refractivity contribution in [2.24, 2.45) is 0 Å². The molecule has 0 aliphatic rings. The topological polar surface area (TPSA) is 76.0 Å². The minimum Gasteiger partial charge on any atom is -0.351 e. The molecule has 3 rings (SSSR count). The molecule has 0 bridgehead atoms. The monoisotopic (exact) mass is 440 g/mol. The first-order valence-corrected chi connectivity index (χ1v) is 10.8. The van der Waals surface area contributed by atoms with Crippen molar-refractivity contribution in [3.05, 3.63) is 77.9 Å². The first-order valence-electron chi connectivity index (χ1n) is 9.82. The van der Waals surface area contributed by atoms with Crippen LogP contribution >= 0.6 is 11.8 Å². The number of thioether (sulfide) groups is 1. The van der Waals surface area contributed by atoms with Gasteiger partial charge < -0.3 is 10.6 Å². The number of hydrogen-bond acceptors (Lipinski definition) is 4. The standard InChI is InChI=1S/C23H25FN4O2S/c1-23(2,3)27-20(29)15-31-22-25-11-12-28(22)18-9-6-8-16(13-18)21(30)26-14-17-7-4-5-10-19(17)24/h4-13H,14-15H2,1-3H3,(H,26,30)(H,27,29). The van der Waals surface area contributed by atoms with Gasteiger partial charge in [0.25, 0.3) is 5.91 Å². The molecule has 2 N–H and O–H groups in total. The lowest BCUT2D eigenvalue weighted by Gasteiger charge is -2.20. The largest absolute Gasteiger partial charge is 0.351 e. The summed E-state index contributed by atoms with van der Waals surface area (Å²) >= 11 is 1.32. The molecule has 2 aromatic carbocycles. The van der Waals surface area contributed by atoms with Gasteiger partial charge in [-0.05, 0) is 45.0 Å². The number of carbonyl (C=O) groups excluding carboxylic acids is 2. The van der Waals surface area contributed by atoms with Crippen LogP contribution < -0.4 is 10.6 Å². The summed E-state index contributed by atoms with van der Waals surface area (Å²) < 4.78 is 15.6. The van der Waals surface area contributed by atoms with E-state index in [0.29, 0.717) is 16.3 Å². The highest BCUT2D eigenvalue weighted by atomic mass is 32.2. The van der Waals surface area contributed by atoms with Crippen molar-refractivity contribution >= 4 is 23.6 Å². The second-order valence-electron chi connectivity index (χ2n) is 7.99. The average Bonchev–Trinajstić information content (AvgIpc) is 3.19. The lowest BCUT2D eigenvalue weighted by atomic mass is 10.1. The Kier molecular flexibility index (Phi) is 7.12. The van der Waals surface area contributed by atoms with Crippen LogP contribution in [-0.4, -0.2) is 32.7 Å². The molecule has 0 saturated carbocycles. The number of nitrogens with one attached hydrogen (secondary N) is 2. The molecule has 6 nitrogen and oxygen atoms in total. The van der Waals surface area contributed by atoms with Crippen molar-refractivity contribution in [1.29, 1.82) is 0 Å². The summed E-state index contributed by atoms with van der Waals surface area (Å²) in [5, 5.41) is 6.31. The number of rotatable bonds is 7. The van der Waals surface area contributed by atoms with E-state index in [0.717, 1.165) is 5.69 Å². The number of hydrogen-bond donors (Lipinski definition) is 2. The molecule has 0 unspecified atom stereocenters. The van der Waals surface area contributed by atoms with Crippen molar-refractivity contribution in [2.75, 3.05) is 5.75 Å². The Balaban J connectivity index is 1.68. The van der Waals surface area contributed by atoms with E-state index in [1.165, 1.54) is 17.8 Å². The number of benzene rings is 2. The average molecular weight is 441 g/mol. The number of carbonyl (C=O) groups is 2. The first-order chi connectivity index (χ1) is 14.7. The van der Waals surface area contributed by atoms with Gasteiger partial charge in [0.2, 0.25) is 5.91 Å². The fourth-order valence-corrected chi connectivity index (χ4v) is 3.67. The fraction of sp³-hybridized carbons (Fsp3) is 0.261. The Labute approximate surface area is 185 Å². The number of amides is 2. The Hall–Kier alpha value is -3.13. The van der Waals surface area contributed by atoms with Crippen molar-refractivity contribution < 1.29 is 14.0 Å². The quantitative estimate of drug-likeness (QED) is 0.546. The van der Waals surface area contributed by atoms with Gasteiger partial charge in [-0.1, -0.05) is 36.0 Å². The molecule has 3 aromatic rings. The summed E-state index contributed by atoms with van der Waals surface area (Å²) in [6.07, 6.45) is 3.43. The zero-order valence-corrected chi connectivity index (χ0v) is 18.5. The maximum Gasteiger partial charge on any atom is 0.251 e. The molecule has 31 heavy (non-hydrogen) atoms. The van der Waals surface area contributed by atoms with Gasteiger partial charge in [0.05, 0.1) is 5.75 Å².